The minimum absolute atomic E-state index is 0.0338. The lowest BCUT2D eigenvalue weighted by molar-refractivity contribution is -0.138. The lowest BCUT2D eigenvalue weighted by Gasteiger charge is -2.09. The van der Waals surface area contributed by atoms with Gasteiger partial charge in [0.05, 0.1) is 26.4 Å². The van der Waals surface area contributed by atoms with Gasteiger partial charge in [0.2, 0.25) is 0 Å². The zero-order valence-corrected chi connectivity index (χ0v) is 16.5. The molecule has 0 saturated heterocycles. The molecule has 1 amide bonds. The van der Waals surface area contributed by atoms with E-state index in [0.29, 0.717) is 29.5 Å². The zero-order valence-electron chi connectivity index (χ0n) is 14.9. The number of carbonyl (C=O) groups is 2. The molecular weight excluding hydrogens is 474 g/mol. The smallest absolute Gasteiger partial charge is 0.416 e. The molecule has 1 aromatic heterocycles. The summed E-state index contributed by atoms with van der Waals surface area (Å²) in [5, 5.41) is 8.78. The van der Waals surface area contributed by atoms with E-state index in [1.807, 2.05) is 0 Å². The van der Waals surface area contributed by atoms with Crippen LogP contribution in [0.25, 0.3) is 10.2 Å². The molecule has 0 radical (unpaired) electrons. The van der Waals surface area contributed by atoms with Crippen LogP contribution in [0.1, 0.15) is 21.5 Å². The van der Waals surface area contributed by atoms with Crippen LogP contribution in [0.3, 0.4) is 0 Å². The van der Waals surface area contributed by atoms with Gasteiger partial charge in [-0.3, -0.25) is 9.59 Å². The number of aromatic nitrogens is 1. The van der Waals surface area contributed by atoms with Crippen LogP contribution in [-0.4, -0.2) is 21.6 Å². The number of fused-ring (bicyclic) bond motifs is 1. The van der Waals surface area contributed by atoms with Crippen molar-refractivity contribution in [1.29, 1.82) is 0 Å². The number of hydrogen-bond acceptors (Lipinski definition) is 3. The summed E-state index contributed by atoms with van der Waals surface area (Å²) in [6, 6.07) is 4.69. The van der Waals surface area contributed by atoms with E-state index in [1.165, 1.54) is 0 Å². The Kier molecular flexibility index (Phi) is 5.89. The third kappa shape index (κ3) is 4.90. The molecule has 0 unspecified atom stereocenters. The maximum Gasteiger partial charge on any atom is 0.416 e. The molecular formula is C18H9ClF6N2O3S. The van der Waals surface area contributed by atoms with Crippen LogP contribution in [0, 0.1) is 0 Å². The van der Waals surface area contributed by atoms with E-state index >= 15 is 0 Å². The highest BCUT2D eigenvalue weighted by atomic mass is 35.5. The van der Waals surface area contributed by atoms with Gasteiger partial charge in [-0.25, -0.2) is 0 Å². The summed E-state index contributed by atoms with van der Waals surface area (Å²) in [7, 11) is 0. The third-order valence-electron chi connectivity index (χ3n) is 3.99. The maximum absolute atomic E-state index is 13.1. The standard InChI is InChI=1S/C18H9ClF6N2O3S/c19-11-5-10(18(23,24)25)6-12-14(11)31-16(27(12)7-13(28)29)26-15(30)8-2-1-3-9(4-8)17(20,21)22/h1-6H,7H2,(H,28,29)/b26-16-. The Morgan fingerprint density at radius 3 is 2.26 bits per heavy atom. The minimum atomic E-state index is -4.77. The Morgan fingerprint density at radius 2 is 1.68 bits per heavy atom. The second-order valence-electron chi connectivity index (χ2n) is 6.16. The van der Waals surface area contributed by atoms with Gasteiger partial charge in [-0.15, -0.1) is 0 Å². The molecule has 0 aliphatic heterocycles. The summed E-state index contributed by atoms with van der Waals surface area (Å²) in [6.45, 7) is -0.855. The molecule has 5 nitrogen and oxygen atoms in total. The molecule has 13 heteroatoms. The van der Waals surface area contributed by atoms with E-state index in [9.17, 15) is 35.9 Å². The van der Waals surface area contributed by atoms with E-state index < -0.39 is 47.5 Å². The van der Waals surface area contributed by atoms with Gasteiger partial charge in [-0.1, -0.05) is 29.0 Å². The van der Waals surface area contributed by atoms with Gasteiger partial charge < -0.3 is 9.67 Å². The lowest BCUT2D eigenvalue weighted by Crippen LogP contribution is -2.21. The number of nitrogens with zero attached hydrogens (tertiary/aromatic N) is 2. The number of aliphatic carboxylic acids is 1. The monoisotopic (exact) mass is 482 g/mol. The fraction of sp³-hybridized carbons (Fsp3) is 0.167. The number of thiazole rings is 1. The minimum Gasteiger partial charge on any atom is -0.480 e. The van der Waals surface area contributed by atoms with Crippen molar-refractivity contribution in [2.75, 3.05) is 0 Å². The van der Waals surface area contributed by atoms with Crippen molar-refractivity contribution >= 4 is 45.0 Å². The molecule has 0 aliphatic rings. The highest BCUT2D eigenvalue weighted by molar-refractivity contribution is 7.17. The summed E-state index contributed by atoms with van der Waals surface area (Å²) in [4.78, 5) is 27.0. The molecule has 0 atom stereocenters. The first-order valence-electron chi connectivity index (χ1n) is 8.15. The first-order chi connectivity index (χ1) is 14.3. The third-order valence-corrected chi connectivity index (χ3v) is 5.53. The van der Waals surface area contributed by atoms with Crippen molar-refractivity contribution in [3.05, 3.63) is 62.9 Å². The molecule has 1 N–H and O–H groups in total. The quantitative estimate of drug-likeness (QED) is 0.520. The predicted octanol–water partition coefficient (Wildman–Crippen LogP) is 5.22. The fourth-order valence-corrected chi connectivity index (χ4v) is 3.99. The number of alkyl halides is 6. The van der Waals surface area contributed by atoms with E-state index in [2.05, 4.69) is 4.99 Å². The van der Waals surface area contributed by atoms with Crippen LogP contribution in [0.2, 0.25) is 5.02 Å². The Morgan fingerprint density at radius 1 is 1.03 bits per heavy atom. The SMILES string of the molecule is O=C(O)Cn1/c(=N/C(=O)c2cccc(C(F)(F)F)c2)sc2c(Cl)cc(C(F)(F)F)cc21. The summed E-state index contributed by atoms with van der Waals surface area (Å²) >= 11 is 6.55. The summed E-state index contributed by atoms with van der Waals surface area (Å²) in [5.41, 5.74) is -2.90. The number of carbonyl (C=O) groups excluding carboxylic acids is 1. The zero-order chi connectivity index (χ0) is 23.1. The Hall–Kier alpha value is -2.86. The number of carboxylic acids is 1. The molecule has 164 valence electrons. The van der Waals surface area contributed by atoms with Gasteiger partial charge in [0.25, 0.3) is 5.91 Å². The summed E-state index contributed by atoms with van der Waals surface area (Å²) in [6.07, 6.45) is -9.48. The van der Waals surface area contributed by atoms with Crippen LogP contribution in [0.5, 0.6) is 0 Å². The van der Waals surface area contributed by atoms with E-state index in [-0.39, 0.29) is 20.0 Å². The molecule has 2 aromatic carbocycles. The van der Waals surface area contributed by atoms with Crippen molar-refractivity contribution in [3.63, 3.8) is 0 Å². The summed E-state index contributed by atoms with van der Waals surface area (Å²) < 4.78 is 78.8. The largest absolute Gasteiger partial charge is 0.480 e. The molecule has 0 aliphatic carbocycles. The van der Waals surface area contributed by atoms with E-state index in [4.69, 9.17) is 16.7 Å². The molecule has 3 aromatic rings. The Labute approximate surface area is 177 Å². The van der Waals surface area contributed by atoms with Crippen molar-refractivity contribution in [1.82, 2.24) is 4.57 Å². The average Bonchev–Trinajstić information content (AvgIpc) is 2.98. The van der Waals surface area contributed by atoms with Crippen molar-refractivity contribution in [2.45, 2.75) is 18.9 Å². The molecule has 1 heterocycles. The predicted molar refractivity (Wildman–Crippen MR) is 98.8 cm³/mol. The summed E-state index contributed by atoms with van der Waals surface area (Å²) in [5.74, 6) is -2.58. The topological polar surface area (TPSA) is 71.7 Å². The Balaban J connectivity index is 2.21. The molecule has 0 fully saturated rings. The number of benzene rings is 2. The van der Waals surface area contributed by atoms with Crippen molar-refractivity contribution in [2.24, 2.45) is 4.99 Å². The maximum atomic E-state index is 13.1. The van der Waals surface area contributed by atoms with Gasteiger partial charge >= 0.3 is 18.3 Å². The van der Waals surface area contributed by atoms with E-state index in [1.54, 1.807) is 0 Å². The second kappa shape index (κ2) is 8.00. The normalized spacial score (nSPS) is 13.1. The molecule has 0 bridgehead atoms. The highest BCUT2D eigenvalue weighted by Crippen LogP contribution is 2.36. The molecule has 31 heavy (non-hydrogen) atoms. The van der Waals surface area contributed by atoms with Gasteiger partial charge in [-0.2, -0.15) is 31.3 Å². The van der Waals surface area contributed by atoms with Crippen LogP contribution in [0.15, 0.2) is 41.4 Å². The van der Waals surface area contributed by atoms with Gasteiger partial charge in [0.15, 0.2) is 4.80 Å². The Bertz CT molecular complexity index is 1260. The lowest BCUT2D eigenvalue weighted by atomic mass is 10.1. The fourth-order valence-electron chi connectivity index (χ4n) is 2.64. The number of halogens is 7. The van der Waals surface area contributed by atoms with Crippen LogP contribution in [0.4, 0.5) is 26.3 Å². The first-order valence-corrected chi connectivity index (χ1v) is 9.35. The van der Waals surface area contributed by atoms with Gasteiger partial charge in [-0.05, 0) is 30.3 Å². The number of amides is 1. The van der Waals surface area contributed by atoms with Gasteiger partial charge in [0, 0.05) is 5.56 Å². The van der Waals surface area contributed by atoms with Crippen molar-refractivity contribution < 1.29 is 41.0 Å². The van der Waals surface area contributed by atoms with E-state index in [0.717, 1.165) is 22.8 Å². The average molecular weight is 483 g/mol. The molecule has 3 rings (SSSR count). The van der Waals surface area contributed by atoms with Crippen LogP contribution < -0.4 is 4.80 Å². The number of hydrogen-bond donors (Lipinski definition) is 1. The number of carboxylic acid groups (broad SMARTS) is 1. The van der Waals surface area contributed by atoms with Gasteiger partial charge in [0.1, 0.15) is 6.54 Å². The second-order valence-corrected chi connectivity index (χ2v) is 7.55. The number of rotatable bonds is 3. The van der Waals surface area contributed by atoms with Crippen LogP contribution in [-0.2, 0) is 23.7 Å². The highest BCUT2D eigenvalue weighted by Gasteiger charge is 2.33. The molecule has 0 spiro atoms. The first kappa shape index (κ1) is 22.8. The molecule has 0 saturated carbocycles. The van der Waals surface area contributed by atoms with Crippen molar-refractivity contribution in [3.8, 4) is 0 Å². The van der Waals surface area contributed by atoms with Crippen LogP contribution >= 0.6 is 22.9 Å².